The molecular weight excluding hydrogens is 208 g/mol. The van der Waals surface area contributed by atoms with Crippen LogP contribution in [0.25, 0.3) is 0 Å². The van der Waals surface area contributed by atoms with Crippen LogP contribution in [0.1, 0.15) is 5.56 Å². The largest absolute Gasteiger partial charge is 0.392 e. The molecule has 0 aliphatic carbocycles. The first kappa shape index (κ1) is 10.8. The minimum atomic E-state index is -0.421. The van der Waals surface area contributed by atoms with E-state index in [0.717, 1.165) is 0 Å². The molecule has 0 radical (unpaired) electrons. The number of aliphatic hydroxyl groups excluding tert-OH is 1. The molecule has 2 rings (SSSR count). The van der Waals surface area contributed by atoms with Gasteiger partial charge in [-0.2, -0.15) is 5.26 Å². The lowest BCUT2D eigenvalue weighted by Gasteiger charge is -2.29. The van der Waals surface area contributed by atoms with Crippen molar-refractivity contribution in [2.45, 2.75) is 12.7 Å². The lowest BCUT2D eigenvalue weighted by Crippen LogP contribution is -2.42. The summed E-state index contributed by atoms with van der Waals surface area (Å²) in [5.74, 6) is 0.570. The molecule has 1 aliphatic rings. The van der Waals surface area contributed by atoms with Crippen LogP contribution in [-0.4, -0.2) is 40.9 Å². The third kappa shape index (κ3) is 2.27. The predicted molar refractivity (Wildman–Crippen MR) is 55.5 cm³/mol. The maximum Gasteiger partial charge on any atom is 0.225 e. The van der Waals surface area contributed by atoms with E-state index in [9.17, 15) is 0 Å². The Morgan fingerprint density at radius 2 is 2.31 bits per heavy atom. The number of anilines is 1. The minimum absolute atomic E-state index is 0.0653. The van der Waals surface area contributed by atoms with E-state index in [-0.39, 0.29) is 6.61 Å². The van der Waals surface area contributed by atoms with E-state index in [4.69, 9.17) is 15.1 Å². The molecule has 1 aliphatic heterocycles. The van der Waals surface area contributed by atoms with Crippen molar-refractivity contribution in [1.82, 2.24) is 9.97 Å². The maximum absolute atomic E-state index is 8.86. The molecule has 84 valence electrons. The summed E-state index contributed by atoms with van der Waals surface area (Å²) in [6.07, 6.45) is 2.74. The Morgan fingerprint density at radius 1 is 1.56 bits per heavy atom. The Balaban J connectivity index is 2.08. The zero-order valence-corrected chi connectivity index (χ0v) is 8.70. The fourth-order valence-corrected chi connectivity index (χ4v) is 1.50. The molecule has 6 nitrogen and oxygen atoms in total. The van der Waals surface area contributed by atoms with Gasteiger partial charge in [0.15, 0.2) is 6.10 Å². The van der Waals surface area contributed by atoms with Crippen molar-refractivity contribution in [3.8, 4) is 6.07 Å². The number of aromatic nitrogens is 2. The molecule has 0 amide bonds. The van der Waals surface area contributed by atoms with Crippen LogP contribution < -0.4 is 4.90 Å². The smallest absolute Gasteiger partial charge is 0.225 e. The van der Waals surface area contributed by atoms with Crippen LogP contribution in [0.4, 0.5) is 5.95 Å². The Morgan fingerprint density at radius 3 is 2.94 bits per heavy atom. The van der Waals surface area contributed by atoms with Crippen molar-refractivity contribution in [3.05, 3.63) is 18.0 Å². The molecule has 1 fully saturated rings. The molecule has 1 aromatic rings. The number of hydrogen-bond acceptors (Lipinski definition) is 6. The van der Waals surface area contributed by atoms with Gasteiger partial charge in [0.2, 0.25) is 5.95 Å². The van der Waals surface area contributed by atoms with E-state index in [2.05, 4.69) is 16.0 Å². The van der Waals surface area contributed by atoms with Gasteiger partial charge in [-0.15, -0.1) is 0 Å². The van der Waals surface area contributed by atoms with Gasteiger partial charge in [0, 0.05) is 24.5 Å². The first-order valence-electron chi connectivity index (χ1n) is 5.01. The Hall–Kier alpha value is -1.71. The molecule has 0 aromatic carbocycles. The molecule has 1 saturated heterocycles. The van der Waals surface area contributed by atoms with Crippen LogP contribution in [-0.2, 0) is 11.3 Å². The molecule has 0 bridgehead atoms. The average Bonchev–Trinajstić information content (AvgIpc) is 2.39. The summed E-state index contributed by atoms with van der Waals surface area (Å²) in [6, 6.07) is 2.07. The number of morpholine rings is 1. The van der Waals surface area contributed by atoms with Gasteiger partial charge in [-0.25, -0.2) is 9.97 Å². The zero-order chi connectivity index (χ0) is 11.4. The van der Waals surface area contributed by atoms with Crippen molar-refractivity contribution < 1.29 is 9.84 Å². The molecule has 0 saturated carbocycles. The maximum atomic E-state index is 8.86. The van der Waals surface area contributed by atoms with Crippen LogP contribution in [0.3, 0.4) is 0 Å². The van der Waals surface area contributed by atoms with Crippen molar-refractivity contribution in [1.29, 1.82) is 5.26 Å². The lowest BCUT2D eigenvalue weighted by molar-refractivity contribution is 0.0758. The summed E-state index contributed by atoms with van der Waals surface area (Å²) in [6.45, 7) is 1.60. The standard InChI is InChI=1S/C10H12N4O2/c11-3-9-6-14(1-2-16-9)10-12-4-8(7-15)5-13-10/h4-5,9,15H,1-2,6-7H2. The number of nitrogens with zero attached hydrogens (tertiary/aromatic N) is 4. The van der Waals surface area contributed by atoms with Gasteiger partial charge in [0.1, 0.15) is 0 Å². The summed E-state index contributed by atoms with van der Waals surface area (Å²) in [7, 11) is 0. The SMILES string of the molecule is N#CC1CN(c2ncc(CO)cn2)CCO1. The van der Waals surface area contributed by atoms with Crippen LogP contribution >= 0.6 is 0 Å². The van der Waals surface area contributed by atoms with E-state index in [0.29, 0.717) is 31.2 Å². The van der Waals surface area contributed by atoms with Crippen LogP contribution in [0.5, 0.6) is 0 Å². The summed E-state index contributed by atoms with van der Waals surface area (Å²) >= 11 is 0. The molecular formula is C10H12N4O2. The van der Waals surface area contributed by atoms with Crippen molar-refractivity contribution in [2.24, 2.45) is 0 Å². The highest BCUT2D eigenvalue weighted by atomic mass is 16.5. The molecule has 0 spiro atoms. The predicted octanol–water partition coefficient (Wildman–Crippen LogP) is -0.302. The molecule has 1 unspecified atom stereocenters. The van der Waals surface area contributed by atoms with Crippen molar-refractivity contribution >= 4 is 5.95 Å². The quantitative estimate of drug-likeness (QED) is 0.736. The summed E-state index contributed by atoms with van der Waals surface area (Å²) in [4.78, 5) is 10.2. The number of ether oxygens (including phenoxy) is 1. The number of aliphatic hydroxyl groups is 1. The van der Waals surface area contributed by atoms with E-state index in [1.54, 1.807) is 12.4 Å². The van der Waals surface area contributed by atoms with Gasteiger partial charge in [-0.3, -0.25) is 0 Å². The Labute approximate surface area is 93.1 Å². The second kappa shape index (κ2) is 4.88. The van der Waals surface area contributed by atoms with E-state index in [1.165, 1.54) is 0 Å². The fourth-order valence-electron chi connectivity index (χ4n) is 1.50. The normalized spacial score (nSPS) is 20.5. The first-order chi connectivity index (χ1) is 7.83. The van der Waals surface area contributed by atoms with Gasteiger partial charge < -0.3 is 14.7 Å². The highest BCUT2D eigenvalue weighted by Crippen LogP contribution is 2.12. The van der Waals surface area contributed by atoms with Gasteiger partial charge >= 0.3 is 0 Å². The molecule has 1 atom stereocenters. The van der Waals surface area contributed by atoms with Crippen LogP contribution in [0.2, 0.25) is 0 Å². The number of nitriles is 1. The number of rotatable bonds is 2. The summed E-state index contributed by atoms with van der Waals surface area (Å²) < 4.78 is 5.23. The molecule has 6 heteroatoms. The fraction of sp³-hybridized carbons (Fsp3) is 0.500. The van der Waals surface area contributed by atoms with Crippen molar-refractivity contribution in [3.63, 3.8) is 0 Å². The Kier molecular flexibility index (Phi) is 3.29. The van der Waals surface area contributed by atoms with Gasteiger partial charge in [0.05, 0.1) is 25.8 Å². The second-order valence-electron chi connectivity index (χ2n) is 3.48. The first-order valence-corrected chi connectivity index (χ1v) is 5.01. The molecule has 1 aromatic heterocycles. The molecule has 2 heterocycles. The Bertz CT molecular complexity index is 387. The highest BCUT2D eigenvalue weighted by molar-refractivity contribution is 5.31. The molecule has 16 heavy (non-hydrogen) atoms. The minimum Gasteiger partial charge on any atom is -0.392 e. The third-order valence-corrected chi connectivity index (χ3v) is 2.37. The monoisotopic (exact) mass is 220 g/mol. The van der Waals surface area contributed by atoms with Gasteiger partial charge in [-0.1, -0.05) is 0 Å². The number of hydrogen-bond donors (Lipinski definition) is 1. The van der Waals surface area contributed by atoms with E-state index >= 15 is 0 Å². The summed E-state index contributed by atoms with van der Waals surface area (Å²) in [5.41, 5.74) is 0.675. The topological polar surface area (TPSA) is 82.3 Å². The third-order valence-electron chi connectivity index (χ3n) is 2.37. The van der Waals surface area contributed by atoms with Gasteiger partial charge in [0.25, 0.3) is 0 Å². The summed E-state index contributed by atoms with van der Waals surface area (Å²) in [5, 5.41) is 17.6. The van der Waals surface area contributed by atoms with Gasteiger partial charge in [-0.05, 0) is 0 Å². The lowest BCUT2D eigenvalue weighted by atomic mass is 10.3. The van der Waals surface area contributed by atoms with Crippen LogP contribution in [0.15, 0.2) is 12.4 Å². The van der Waals surface area contributed by atoms with Crippen molar-refractivity contribution in [2.75, 3.05) is 24.6 Å². The van der Waals surface area contributed by atoms with E-state index in [1.807, 2.05) is 4.90 Å². The highest BCUT2D eigenvalue weighted by Gasteiger charge is 2.21. The van der Waals surface area contributed by atoms with E-state index < -0.39 is 6.10 Å². The molecule has 1 N–H and O–H groups in total. The zero-order valence-electron chi connectivity index (χ0n) is 8.70. The van der Waals surface area contributed by atoms with Crippen LogP contribution in [0, 0.1) is 11.3 Å². The average molecular weight is 220 g/mol. The second-order valence-corrected chi connectivity index (χ2v) is 3.48.